The lowest BCUT2D eigenvalue weighted by molar-refractivity contribution is 0.340. The molecule has 0 aliphatic rings. The minimum atomic E-state index is -0.346. The van der Waals surface area contributed by atoms with Gasteiger partial charge in [-0.05, 0) is 30.7 Å². The maximum atomic E-state index is 6.48. The molecule has 2 aromatic rings. The average Bonchev–Trinajstić information content (AvgIpc) is 2.68. The topological polar surface area (TPSA) is 9.23 Å². The van der Waals surface area contributed by atoms with Gasteiger partial charge in [0.25, 0.3) is 0 Å². The molecule has 2 rings (SSSR count). The van der Waals surface area contributed by atoms with Crippen LogP contribution in [0.1, 0.15) is 23.4 Å². The van der Waals surface area contributed by atoms with Crippen molar-refractivity contribution in [3.63, 3.8) is 0 Å². The number of rotatable bonds is 4. The normalized spacial score (nSPS) is 12.5. The van der Waals surface area contributed by atoms with Gasteiger partial charge in [-0.3, -0.25) is 0 Å². The summed E-state index contributed by atoms with van der Waals surface area (Å²) in [6, 6.07) is 7.51. The zero-order chi connectivity index (χ0) is 14.0. The summed E-state index contributed by atoms with van der Waals surface area (Å²) in [5, 5.41) is -0.346. The maximum Gasteiger partial charge on any atom is 0.120 e. The lowest BCUT2D eigenvalue weighted by atomic mass is 10.1. The molecule has 0 aliphatic heterocycles. The predicted octanol–water partition coefficient (Wildman–Crippen LogP) is 6.54. The van der Waals surface area contributed by atoms with Crippen LogP contribution < -0.4 is 4.74 Å². The molecule has 0 amide bonds. The number of halogens is 4. The van der Waals surface area contributed by atoms with E-state index in [9.17, 15) is 0 Å². The molecule has 0 fully saturated rings. The van der Waals surface area contributed by atoms with Crippen molar-refractivity contribution in [1.82, 2.24) is 0 Å². The molecule has 0 bridgehead atoms. The van der Waals surface area contributed by atoms with Gasteiger partial charge in [-0.25, -0.2) is 0 Å². The van der Waals surface area contributed by atoms with Crippen molar-refractivity contribution in [2.24, 2.45) is 0 Å². The summed E-state index contributed by atoms with van der Waals surface area (Å²) in [4.78, 5) is 0. The van der Waals surface area contributed by atoms with Gasteiger partial charge < -0.3 is 4.74 Å². The molecular weight excluding hydrogens is 390 g/mol. The van der Waals surface area contributed by atoms with Crippen molar-refractivity contribution in [2.75, 3.05) is 6.61 Å². The van der Waals surface area contributed by atoms with Gasteiger partial charge in [-0.15, -0.1) is 22.9 Å². The molecule has 6 heteroatoms. The number of alkyl halides is 1. The predicted molar refractivity (Wildman–Crippen MR) is 87.3 cm³/mol. The van der Waals surface area contributed by atoms with Crippen molar-refractivity contribution in [1.29, 1.82) is 0 Å². The second kappa shape index (κ2) is 6.68. The van der Waals surface area contributed by atoms with Gasteiger partial charge in [0.2, 0.25) is 0 Å². The van der Waals surface area contributed by atoms with Gasteiger partial charge in [0.1, 0.15) is 5.75 Å². The molecule has 1 unspecified atom stereocenters. The number of ether oxygens (including phenoxy) is 1. The fraction of sp³-hybridized carbons (Fsp3) is 0.231. The van der Waals surface area contributed by atoms with Gasteiger partial charge in [0.15, 0.2) is 0 Å². The Hall–Kier alpha value is 0.0700. The minimum Gasteiger partial charge on any atom is -0.494 e. The first-order chi connectivity index (χ1) is 9.02. The van der Waals surface area contributed by atoms with Crippen LogP contribution in [-0.4, -0.2) is 6.61 Å². The molecule has 0 N–H and O–H groups in total. The van der Waals surface area contributed by atoms with Crippen LogP contribution in [0.3, 0.4) is 0 Å². The molecule has 102 valence electrons. The van der Waals surface area contributed by atoms with E-state index in [0.29, 0.717) is 15.3 Å². The van der Waals surface area contributed by atoms with Gasteiger partial charge in [0.05, 0.1) is 20.7 Å². The minimum absolute atomic E-state index is 0.346. The molecule has 0 saturated heterocycles. The fourth-order valence-electron chi connectivity index (χ4n) is 1.66. The Morgan fingerprint density at radius 1 is 1.26 bits per heavy atom. The summed E-state index contributed by atoms with van der Waals surface area (Å²) in [6.45, 7) is 2.57. The molecule has 1 aromatic heterocycles. The maximum absolute atomic E-state index is 6.48. The highest BCUT2D eigenvalue weighted by Gasteiger charge is 2.19. The van der Waals surface area contributed by atoms with Crippen LogP contribution in [0.5, 0.6) is 5.75 Å². The number of benzene rings is 1. The average molecular weight is 401 g/mol. The molecule has 19 heavy (non-hydrogen) atoms. The SMILES string of the molecule is CCOc1ccc(C(Cl)c2cc(Cl)sc2Cl)c(Br)c1. The van der Waals surface area contributed by atoms with E-state index in [1.165, 1.54) is 11.3 Å². The lowest BCUT2D eigenvalue weighted by Gasteiger charge is -2.13. The lowest BCUT2D eigenvalue weighted by Crippen LogP contribution is -1.96. The third-order valence-corrected chi connectivity index (χ3v) is 5.19. The van der Waals surface area contributed by atoms with E-state index >= 15 is 0 Å². The van der Waals surface area contributed by atoms with Crippen molar-refractivity contribution in [3.05, 3.63) is 48.5 Å². The van der Waals surface area contributed by atoms with Crippen molar-refractivity contribution in [3.8, 4) is 5.75 Å². The van der Waals surface area contributed by atoms with Gasteiger partial charge in [-0.2, -0.15) is 0 Å². The van der Waals surface area contributed by atoms with E-state index in [4.69, 9.17) is 39.5 Å². The van der Waals surface area contributed by atoms with Crippen LogP contribution in [0.15, 0.2) is 28.7 Å². The van der Waals surface area contributed by atoms with Crippen LogP contribution in [0.25, 0.3) is 0 Å². The van der Waals surface area contributed by atoms with Crippen molar-refractivity contribution < 1.29 is 4.74 Å². The summed E-state index contributed by atoms with van der Waals surface area (Å²) >= 11 is 23.4. The molecular formula is C13H10BrCl3OS. The third kappa shape index (κ3) is 3.59. The highest BCUT2D eigenvalue weighted by Crippen LogP contribution is 2.43. The Bertz CT molecular complexity index is 585. The first kappa shape index (κ1) is 15.5. The first-order valence-corrected chi connectivity index (χ1v) is 8.34. The summed E-state index contributed by atoms with van der Waals surface area (Å²) in [6.07, 6.45) is 0. The standard InChI is InChI=1S/C13H10BrCl3OS/c1-2-18-7-3-4-8(10(14)5-7)12(16)9-6-11(15)19-13(9)17/h3-6,12H,2H2,1H3. The van der Waals surface area contributed by atoms with Gasteiger partial charge >= 0.3 is 0 Å². The highest BCUT2D eigenvalue weighted by atomic mass is 79.9. The Morgan fingerprint density at radius 2 is 2.00 bits per heavy atom. The van der Waals surface area contributed by atoms with Gasteiger partial charge in [-0.1, -0.05) is 45.2 Å². The Labute approximate surface area is 139 Å². The Kier molecular flexibility index (Phi) is 5.44. The fourth-order valence-corrected chi connectivity index (χ4v) is 4.40. The number of hydrogen-bond acceptors (Lipinski definition) is 2. The highest BCUT2D eigenvalue weighted by molar-refractivity contribution is 9.10. The second-order valence-corrected chi connectivity index (χ2v) is 7.33. The molecule has 1 aromatic carbocycles. The largest absolute Gasteiger partial charge is 0.494 e. The number of thiophene rings is 1. The Morgan fingerprint density at radius 3 is 2.53 bits per heavy atom. The van der Waals surface area contributed by atoms with E-state index < -0.39 is 0 Å². The molecule has 1 nitrogen and oxygen atoms in total. The smallest absolute Gasteiger partial charge is 0.120 e. The van der Waals surface area contributed by atoms with Crippen LogP contribution in [0.2, 0.25) is 8.67 Å². The molecule has 0 saturated carbocycles. The van der Waals surface area contributed by atoms with E-state index in [1.54, 1.807) is 6.07 Å². The molecule has 1 atom stereocenters. The van der Waals surface area contributed by atoms with E-state index in [0.717, 1.165) is 21.3 Å². The van der Waals surface area contributed by atoms with Crippen molar-refractivity contribution >= 4 is 62.1 Å². The third-order valence-electron chi connectivity index (χ3n) is 2.51. The van der Waals surface area contributed by atoms with Crippen LogP contribution in [0.4, 0.5) is 0 Å². The van der Waals surface area contributed by atoms with Gasteiger partial charge in [0, 0.05) is 10.0 Å². The van der Waals surface area contributed by atoms with Crippen LogP contribution in [0, 0.1) is 0 Å². The summed E-state index contributed by atoms with van der Waals surface area (Å²) in [5.41, 5.74) is 1.75. The Balaban J connectivity index is 2.33. The van der Waals surface area contributed by atoms with Crippen molar-refractivity contribution in [2.45, 2.75) is 12.3 Å². The van der Waals surface area contributed by atoms with E-state index in [2.05, 4.69) is 15.9 Å². The molecule has 0 spiro atoms. The molecule has 0 radical (unpaired) electrons. The monoisotopic (exact) mass is 398 g/mol. The zero-order valence-electron chi connectivity index (χ0n) is 9.92. The van der Waals surface area contributed by atoms with Crippen LogP contribution >= 0.6 is 62.1 Å². The molecule has 0 aliphatic carbocycles. The summed E-state index contributed by atoms with van der Waals surface area (Å²) < 4.78 is 7.57. The van der Waals surface area contributed by atoms with E-state index in [1.807, 2.05) is 25.1 Å². The quantitative estimate of drug-likeness (QED) is 0.529. The first-order valence-electron chi connectivity index (χ1n) is 5.54. The summed E-state index contributed by atoms with van der Waals surface area (Å²) in [7, 11) is 0. The van der Waals surface area contributed by atoms with Crippen LogP contribution in [-0.2, 0) is 0 Å². The summed E-state index contributed by atoms with van der Waals surface area (Å²) in [5.74, 6) is 0.802. The second-order valence-electron chi connectivity index (χ2n) is 3.76. The van der Waals surface area contributed by atoms with E-state index in [-0.39, 0.29) is 5.38 Å². The number of hydrogen-bond donors (Lipinski definition) is 0. The zero-order valence-corrected chi connectivity index (χ0v) is 14.6. The molecule has 1 heterocycles.